The Labute approximate surface area is 94.2 Å². The topological polar surface area (TPSA) is 38.2 Å². The molecule has 0 aromatic carbocycles. The Morgan fingerprint density at radius 1 is 1.27 bits per heavy atom. The Morgan fingerprint density at radius 3 is 2.93 bits per heavy atom. The van der Waals surface area contributed by atoms with Gasteiger partial charge in [-0.15, -0.1) is 11.6 Å². The molecular formula is C10H14ClN3O. The minimum Gasteiger partial charge on any atom is -0.380 e. The number of anilines is 1. The van der Waals surface area contributed by atoms with E-state index in [-0.39, 0.29) is 0 Å². The standard InChI is InChI=1S/C10H14ClN3O/c11-6-9-7-13-10(8-12-9)14-2-1-4-15-5-3-14/h7-8H,1-6H2. The lowest BCUT2D eigenvalue weighted by molar-refractivity contribution is 0.152. The monoisotopic (exact) mass is 227 g/mol. The molecule has 82 valence electrons. The van der Waals surface area contributed by atoms with Gasteiger partial charge in [0.15, 0.2) is 0 Å². The van der Waals surface area contributed by atoms with Crippen LogP contribution in [-0.2, 0) is 10.6 Å². The first-order valence-corrected chi connectivity index (χ1v) is 5.63. The van der Waals surface area contributed by atoms with Gasteiger partial charge in [0.05, 0.1) is 30.6 Å². The number of ether oxygens (including phenoxy) is 1. The van der Waals surface area contributed by atoms with Crippen LogP contribution in [0.5, 0.6) is 0 Å². The van der Waals surface area contributed by atoms with Crippen LogP contribution < -0.4 is 4.90 Å². The summed E-state index contributed by atoms with van der Waals surface area (Å²) in [5.74, 6) is 1.32. The van der Waals surface area contributed by atoms with Crippen LogP contribution in [0, 0.1) is 0 Å². The van der Waals surface area contributed by atoms with Gasteiger partial charge in [0.1, 0.15) is 5.82 Å². The molecule has 15 heavy (non-hydrogen) atoms. The molecule has 0 amide bonds. The molecule has 4 nitrogen and oxygen atoms in total. The van der Waals surface area contributed by atoms with Gasteiger partial charge in [-0.25, -0.2) is 4.98 Å². The zero-order valence-corrected chi connectivity index (χ0v) is 9.28. The molecule has 0 bridgehead atoms. The number of halogens is 1. The summed E-state index contributed by atoms with van der Waals surface area (Å²) in [4.78, 5) is 10.8. The second-order valence-electron chi connectivity index (χ2n) is 3.45. The number of hydrogen-bond acceptors (Lipinski definition) is 4. The quantitative estimate of drug-likeness (QED) is 0.717. The van der Waals surface area contributed by atoms with Crippen molar-refractivity contribution < 1.29 is 4.74 Å². The number of aromatic nitrogens is 2. The number of alkyl halides is 1. The Balaban J connectivity index is 2.06. The summed E-state index contributed by atoms with van der Waals surface area (Å²) in [5, 5.41) is 0. The average Bonchev–Trinajstić information content (AvgIpc) is 2.58. The van der Waals surface area contributed by atoms with Crippen molar-refractivity contribution in [1.82, 2.24) is 9.97 Å². The van der Waals surface area contributed by atoms with E-state index in [0.717, 1.165) is 44.2 Å². The van der Waals surface area contributed by atoms with E-state index < -0.39 is 0 Å². The molecule has 2 rings (SSSR count). The third-order valence-electron chi connectivity index (χ3n) is 2.37. The number of hydrogen-bond donors (Lipinski definition) is 0. The zero-order valence-electron chi connectivity index (χ0n) is 8.53. The Hall–Kier alpha value is -0.870. The largest absolute Gasteiger partial charge is 0.380 e. The second kappa shape index (κ2) is 5.28. The molecule has 1 aromatic rings. The van der Waals surface area contributed by atoms with Gasteiger partial charge in [0.2, 0.25) is 0 Å². The van der Waals surface area contributed by atoms with Gasteiger partial charge in [-0.05, 0) is 6.42 Å². The van der Waals surface area contributed by atoms with E-state index in [1.807, 2.05) is 0 Å². The van der Waals surface area contributed by atoms with Crippen molar-refractivity contribution in [2.75, 3.05) is 31.2 Å². The molecule has 5 heteroatoms. The van der Waals surface area contributed by atoms with Crippen molar-refractivity contribution >= 4 is 17.4 Å². The third-order valence-corrected chi connectivity index (χ3v) is 2.65. The van der Waals surface area contributed by atoms with Crippen molar-refractivity contribution in [3.05, 3.63) is 18.1 Å². The molecule has 0 aliphatic carbocycles. The van der Waals surface area contributed by atoms with Crippen LogP contribution in [0.25, 0.3) is 0 Å². The lowest BCUT2D eigenvalue weighted by Crippen LogP contribution is -2.26. The Kier molecular flexibility index (Phi) is 3.75. The fraction of sp³-hybridized carbons (Fsp3) is 0.600. The van der Waals surface area contributed by atoms with Crippen LogP contribution in [0.3, 0.4) is 0 Å². The molecule has 0 saturated carbocycles. The zero-order chi connectivity index (χ0) is 10.5. The minimum atomic E-state index is 0.413. The molecular weight excluding hydrogens is 214 g/mol. The first-order valence-electron chi connectivity index (χ1n) is 5.10. The van der Waals surface area contributed by atoms with Crippen molar-refractivity contribution in [3.63, 3.8) is 0 Å². The molecule has 1 fully saturated rings. The molecule has 1 saturated heterocycles. The number of rotatable bonds is 2. The molecule has 1 aliphatic heterocycles. The van der Waals surface area contributed by atoms with Crippen LogP contribution in [0.1, 0.15) is 12.1 Å². The van der Waals surface area contributed by atoms with Crippen LogP contribution in [-0.4, -0.2) is 36.3 Å². The highest BCUT2D eigenvalue weighted by Crippen LogP contribution is 2.11. The van der Waals surface area contributed by atoms with Gasteiger partial charge >= 0.3 is 0 Å². The predicted octanol–water partition coefficient (Wildman–Crippen LogP) is 1.44. The first kappa shape index (κ1) is 10.6. The maximum atomic E-state index is 5.66. The Bertz CT molecular complexity index is 296. The van der Waals surface area contributed by atoms with Gasteiger partial charge < -0.3 is 9.64 Å². The molecule has 0 spiro atoms. The van der Waals surface area contributed by atoms with Crippen molar-refractivity contribution in [3.8, 4) is 0 Å². The summed E-state index contributed by atoms with van der Waals surface area (Å²) in [6, 6.07) is 0. The smallest absolute Gasteiger partial charge is 0.147 e. The van der Waals surface area contributed by atoms with E-state index in [9.17, 15) is 0 Å². The van der Waals surface area contributed by atoms with Gasteiger partial charge in [-0.1, -0.05) is 0 Å². The number of nitrogens with zero attached hydrogens (tertiary/aromatic N) is 3. The Morgan fingerprint density at radius 2 is 2.20 bits per heavy atom. The minimum absolute atomic E-state index is 0.413. The molecule has 2 heterocycles. The van der Waals surface area contributed by atoms with E-state index in [4.69, 9.17) is 16.3 Å². The maximum absolute atomic E-state index is 5.66. The fourth-order valence-corrected chi connectivity index (χ4v) is 1.69. The summed E-state index contributed by atoms with van der Waals surface area (Å²) < 4.78 is 5.38. The molecule has 0 radical (unpaired) electrons. The van der Waals surface area contributed by atoms with Crippen molar-refractivity contribution in [2.45, 2.75) is 12.3 Å². The predicted molar refractivity (Wildman–Crippen MR) is 59.2 cm³/mol. The third kappa shape index (κ3) is 2.79. The van der Waals surface area contributed by atoms with Crippen LogP contribution in [0.2, 0.25) is 0 Å². The molecule has 1 aromatic heterocycles. The molecule has 1 aliphatic rings. The highest BCUT2D eigenvalue weighted by atomic mass is 35.5. The highest BCUT2D eigenvalue weighted by molar-refractivity contribution is 6.16. The van der Waals surface area contributed by atoms with Crippen molar-refractivity contribution in [1.29, 1.82) is 0 Å². The second-order valence-corrected chi connectivity index (χ2v) is 3.72. The molecule has 0 N–H and O–H groups in total. The van der Waals surface area contributed by atoms with E-state index in [2.05, 4.69) is 14.9 Å². The van der Waals surface area contributed by atoms with Gasteiger partial charge in [-0.2, -0.15) is 0 Å². The van der Waals surface area contributed by atoms with Crippen molar-refractivity contribution in [2.24, 2.45) is 0 Å². The van der Waals surface area contributed by atoms with E-state index >= 15 is 0 Å². The maximum Gasteiger partial charge on any atom is 0.147 e. The first-order chi connectivity index (χ1) is 7.40. The van der Waals surface area contributed by atoms with E-state index in [1.54, 1.807) is 12.4 Å². The average molecular weight is 228 g/mol. The van der Waals surface area contributed by atoms with Gasteiger partial charge in [-0.3, -0.25) is 4.98 Å². The van der Waals surface area contributed by atoms with Crippen LogP contribution in [0.15, 0.2) is 12.4 Å². The normalized spacial score (nSPS) is 17.5. The SMILES string of the molecule is ClCc1cnc(N2CCCOCC2)cn1. The van der Waals surface area contributed by atoms with Gasteiger partial charge in [0.25, 0.3) is 0 Å². The molecule has 0 unspecified atom stereocenters. The van der Waals surface area contributed by atoms with E-state index in [1.165, 1.54) is 0 Å². The fourth-order valence-electron chi connectivity index (χ4n) is 1.56. The molecule has 0 atom stereocenters. The summed E-state index contributed by atoms with van der Waals surface area (Å²) in [7, 11) is 0. The summed E-state index contributed by atoms with van der Waals surface area (Å²) in [5.41, 5.74) is 0.812. The van der Waals surface area contributed by atoms with Crippen LogP contribution in [0.4, 0.5) is 5.82 Å². The van der Waals surface area contributed by atoms with Crippen LogP contribution >= 0.6 is 11.6 Å². The van der Waals surface area contributed by atoms with E-state index in [0.29, 0.717) is 5.88 Å². The highest BCUT2D eigenvalue weighted by Gasteiger charge is 2.11. The summed E-state index contributed by atoms with van der Waals surface area (Å²) >= 11 is 5.66. The lowest BCUT2D eigenvalue weighted by atomic mass is 10.4. The summed E-state index contributed by atoms with van der Waals surface area (Å²) in [6.07, 6.45) is 4.55. The van der Waals surface area contributed by atoms with Gasteiger partial charge in [0, 0.05) is 19.7 Å². The lowest BCUT2D eigenvalue weighted by Gasteiger charge is -2.19. The summed E-state index contributed by atoms with van der Waals surface area (Å²) in [6.45, 7) is 3.46.